The van der Waals surface area contributed by atoms with Gasteiger partial charge in [-0.3, -0.25) is 0 Å². The lowest BCUT2D eigenvalue weighted by atomic mass is 10.3. The van der Waals surface area contributed by atoms with E-state index in [0.717, 1.165) is 12.8 Å². The van der Waals surface area contributed by atoms with Crippen LogP contribution in [0, 0.1) is 0 Å². The highest BCUT2D eigenvalue weighted by atomic mass is 16.5. The van der Waals surface area contributed by atoms with Crippen LogP contribution in [0.15, 0.2) is 4.52 Å². The van der Waals surface area contributed by atoms with Crippen LogP contribution in [0.5, 0.6) is 0 Å². The number of aromatic nitrogens is 5. The summed E-state index contributed by atoms with van der Waals surface area (Å²) in [5, 5.41) is 11.7. The number of ether oxygens (including phenoxy) is 2. The number of esters is 1. The van der Waals surface area contributed by atoms with Crippen LogP contribution >= 0.6 is 0 Å². The highest BCUT2D eigenvalue weighted by molar-refractivity contribution is 5.88. The largest absolute Gasteiger partial charge is 0.464 e. The molecule has 0 bridgehead atoms. The molecule has 1 aliphatic carbocycles. The summed E-state index contributed by atoms with van der Waals surface area (Å²) in [6.07, 6.45) is 2.18. The second kappa shape index (κ2) is 5.60. The number of carbonyl (C=O) groups is 1. The van der Waals surface area contributed by atoms with Gasteiger partial charge >= 0.3 is 5.97 Å². The van der Waals surface area contributed by atoms with Gasteiger partial charge in [-0.2, -0.15) is 4.98 Å². The fourth-order valence-electron chi connectivity index (χ4n) is 1.96. The molecular formula is C12H15N5O4. The van der Waals surface area contributed by atoms with Crippen molar-refractivity contribution in [3.63, 3.8) is 0 Å². The maximum atomic E-state index is 11.6. The van der Waals surface area contributed by atoms with Crippen molar-refractivity contribution >= 4 is 5.97 Å². The van der Waals surface area contributed by atoms with Crippen LogP contribution < -0.4 is 0 Å². The van der Waals surface area contributed by atoms with Crippen molar-refractivity contribution in [2.24, 2.45) is 0 Å². The van der Waals surface area contributed by atoms with E-state index in [4.69, 9.17) is 9.26 Å². The Hall–Kier alpha value is -2.29. The summed E-state index contributed by atoms with van der Waals surface area (Å²) in [6.45, 7) is 0.448. The van der Waals surface area contributed by atoms with Gasteiger partial charge in [0.05, 0.1) is 19.4 Å². The molecule has 2 heterocycles. The summed E-state index contributed by atoms with van der Waals surface area (Å²) >= 11 is 0. The molecule has 0 spiro atoms. The summed E-state index contributed by atoms with van der Waals surface area (Å²) in [5.74, 6) is 0.994. The van der Waals surface area contributed by atoms with Crippen LogP contribution in [0.2, 0.25) is 0 Å². The monoisotopic (exact) mass is 293 g/mol. The lowest BCUT2D eigenvalue weighted by Gasteiger charge is -2.04. The van der Waals surface area contributed by atoms with E-state index in [0.29, 0.717) is 23.3 Å². The topological polar surface area (TPSA) is 105 Å². The molecule has 2 aromatic rings. The summed E-state index contributed by atoms with van der Waals surface area (Å²) in [7, 11) is 2.82. The number of hydrogen-bond acceptors (Lipinski definition) is 8. The predicted molar refractivity (Wildman–Crippen MR) is 67.4 cm³/mol. The quantitative estimate of drug-likeness (QED) is 0.710. The first-order valence-corrected chi connectivity index (χ1v) is 6.55. The summed E-state index contributed by atoms with van der Waals surface area (Å²) in [4.78, 5) is 16.0. The molecule has 0 aromatic carbocycles. The molecule has 1 aliphatic rings. The van der Waals surface area contributed by atoms with E-state index in [1.807, 2.05) is 0 Å². The molecular weight excluding hydrogens is 278 g/mol. The molecule has 0 unspecified atom stereocenters. The van der Waals surface area contributed by atoms with Crippen LogP contribution in [0.4, 0.5) is 0 Å². The molecule has 0 N–H and O–H groups in total. The molecule has 9 heteroatoms. The average Bonchev–Trinajstić information content (AvgIpc) is 3.12. The molecule has 0 aliphatic heterocycles. The maximum Gasteiger partial charge on any atom is 0.360 e. The Morgan fingerprint density at radius 1 is 1.43 bits per heavy atom. The molecule has 0 atom stereocenters. The van der Waals surface area contributed by atoms with Crippen molar-refractivity contribution in [3.05, 3.63) is 23.1 Å². The standard InChI is InChI=1S/C12H15N5O4/c1-19-6-8-10(12(18)20-2)14-16-17(8)5-9-13-11(21-15-9)7-3-4-7/h7H,3-6H2,1-2H3. The highest BCUT2D eigenvalue weighted by Crippen LogP contribution is 2.38. The second-order valence-corrected chi connectivity index (χ2v) is 4.79. The van der Waals surface area contributed by atoms with Crippen LogP contribution in [0.25, 0.3) is 0 Å². The van der Waals surface area contributed by atoms with Gasteiger partial charge in [-0.1, -0.05) is 10.4 Å². The Bertz CT molecular complexity index is 646. The van der Waals surface area contributed by atoms with E-state index in [1.54, 1.807) is 0 Å². The van der Waals surface area contributed by atoms with Gasteiger partial charge in [0.1, 0.15) is 6.54 Å². The van der Waals surface area contributed by atoms with E-state index in [2.05, 4.69) is 25.2 Å². The molecule has 21 heavy (non-hydrogen) atoms. The van der Waals surface area contributed by atoms with E-state index in [-0.39, 0.29) is 18.8 Å². The first-order chi connectivity index (χ1) is 10.2. The van der Waals surface area contributed by atoms with Crippen LogP contribution in [-0.4, -0.2) is 45.3 Å². The van der Waals surface area contributed by atoms with Crippen LogP contribution in [0.3, 0.4) is 0 Å². The SMILES string of the molecule is COCc1c(C(=O)OC)nnn1Cc1noc(C2CC2)n1. The van der Waals surface area contributed by atoms with Crippen molar-refractivity contribution in [2.45, 2.75) is 31.9 Å². The average molecular weight is 293 g/mol. The van der Waals surface area contributed by atoms with Gasteiger partial charge < -0.3 is 14.0 Å². The minimum atomic E-state index is -0.555. The van der Waals surface area contributed by atoms with Gasteiger partial charge in [-0.25, -0.2) is 9.48 Å². The smallest absolute Gasteiger partial charge is 0.360 e. The first-order valence-electron chi connectivity index (χ1n) is 6.55. The summed E-state index contributed by atoms with van der Waals surface area (Å²) in [5.41, 5.74) is 0.646. The van der Waals surface area contributed by atoms with Gasteiger partial charge in [0.2, 0.25) is 5.89 Å². The van der Waals surface area contributed by atoms with Crippen molar-refractivity contribution in [1.82, 2.24) is 25.1 Å². The third kappa shape index (κ3) is 2.77. The zero-order valence-corrected chi connectivity index (χ0v) is 11.8. The minimum absolute atomic E-state index is 0.130. The third-order valence-electron chi connectivity index (χ3n) is 3.20. The van der Waals surface area contributed by atoms with E-state index >= 15 is 0 Å². The van der Waals surface area contributed by atoms with Gasteiger partial charge in [0.25, 0.3) is 0 Å². The maximum absolute atomic E-state index is 11.6. The Balaban J connectivity index is 1.82. The van der Waals surface area contributed by atoms with E-state index in [1.165, 1.54) is 18.9 Å². The molecule has 0 amide bonds. The minimum Gasteiger partial charge on any atom is -0.464 e. The van der Waals surface area contributed by atoms with Crippen molar-refractivity contribution < 1.29 is 18.8 Å². The molecule has 0 radical (unpaired) electrons. The lowest BCUT2D eigenvalue weighted by molar-refractivity contribution is 0.0588. The fraction of sp³-hybridized carbons (Fsp3) is 0.583. The normalized spacial score (nSPS) is 14.4. The second-order valence-electron chi connectivity index (χ2n) is 4.79. The summed E-state index contributed by atoms with van der Waals surface area (Å²) in [6, 6.07) is 0. The highest BCUT2D eigenvalue weighted by Gasteiger charge is 2.30. The van der Waals surface area contributed by atoms with Crippen molar-refractivity contribution in [2.75, 3.05) is 14.2 Å². The van der Waals surface area contributed by atoms with Crippen LogP contribution in [-0.2, 0) is 22.6 Å². The lowest BCUT2D eigenvalue weighted by Crippen LogP contribution is -2.12. The number of hydrogen-bond donors (Lipinski definition) is 0. The first kappa shape index (κ1) is 13.7. The van der Waals surface area contributed by atoms with Gasteiger partial charge in [-0.15, -0.1) is 5.10 Å². The Kier molecular flexibility index (Phi) is 3.65. The van der Waals surface area contributed by atoms with Gasteiger partial charge in [0, 0.05) is 13.0 Å². The zero-order chi connectivity index (χ0) is 14.8. The van der Waals surface area contributed by atoms with E-state index < -0.39 is 5.97 Å². The molecule has 1 saturated carbocycles. The predicted octanol–water partition coefficient (Wildman–Crippen LogP) is 0.520. The molecule has 9 nitrogen and oxygen atoms in total. The molecule has 2 aromatic heterocycles. The van der Waals surface area contributed by atoms with E-state index in [9.17, 15) is 4.79 Å². The molecule has 1 fully saturated rings. The Morgan fingerprint density at radius 3 is 2.90 bits per heavy atom. The number of methoxy groups -OCH3 is 2. The zero-order valence-electron chi connectivity index (χ0n) is 11.8. The third-order valence-corrected chi connectivity index (χ3v) is 3.20. The van der Waals surface area contributed by atoms with Crippen molar-refractivity contribution in [3.8, 4) is 0 Å². The Morgan fingerprint density at radius 2 is 2.24 bits per heavy atom. The molecule has 3 rings (SSSR count). The van der Waals surface area contributed by atoms with Gasteiger partial charge in [0.15, 0.2) is 11.5 Å². The Labute approximate surface area is 120 Å². The van der Waals surface area contributed by atoms with Crippen molar-refractivity contribution in [1.29, 1.82) is 0 Å². The number of carbonyl (C=O) groups excluding carboxylic acids is 1. The molecule has 112 valence electrons. The fourth-order valence-corrected chi connectivity index (χ4v) is 1.96. The van der Waals surface area contributed by atoms with Gasteiger partial charge in [-0.05, 0) is 12.8 Å². The number of rotatable bonds is 6. The van der Waals surface area contributed by atoms with Crippen LogP contribution in [0.1, 0.15) is 46.7 Å². The summed E-state index contributed by atoms with van der Waals surface area (Å²) < 4.78 is 16.5. The molecule has 0 saturated heterocycles. The number of nitrogens with zero attached hydrogens (tertiary/aromatic N) is 5.